The molecule has 0 aromatic rings. The molecule has 0 fully saturated rings. The van der Waals surface area contributed by atoms with Gasteiger partial charge in [0, 0.05) is 20.2 Å². The van der Waals surface area contributed by atoms with Crippen molar-refractivity contribution in [1.29, 1.82) is 0 Å². The maximum absolute atomic E-state index is 9.21. The number of rotatable bonds is 9. The molecule has 2 N–H and O–H groups in total. The summed E-state index contributed by atoms with van der Waals surface area (Å²) in [5.41, 5.74) is 10.7. The van der Waals surface area contributed by atoms with Crippen molar-refractivity contribution in [1.82, 2.24) is 4.90 Å². The van der Waals surface area contributed by atoms with Crippen molar-refractivity contribution in [3.05, 3.63) is 28.8 Å². The predicted octanol–water partition coefficient (Wildman–Crippen LogP) is 2.00. The summed E-state index contributed by atoms with van der Waals surface area (Å²) in [6.07, 6.45) is 6.52. The van der Waals surface area contributed by atoms with Gasteiger partial charge in [0.2, 0.25) is 5.76 Å². The van der Waals surface area contributed by atoms with Gasteiger partial charge in [-0.2, -0.15) is 4.79 Å². The third kappa shape index (κ3) is 11.0. The van der Waals surface area contributed by atoms with E-state index in [9.17, 15) is 5.53 Å². The summed E-state index contributed by atoms with van der Waals surface area (Å²) in [6, 6.07) is 0. The Labute approximate surface area is 156 Å². The topological polar surface area (TPSA) is 133 Å². The number of likely N-dealkylation sites (N-methyl/N-ethyl adjacent to an activating group) is 1. The molecular weight excluding hydrogens is 382 g/mol. The Balaban J connectivity index is 0.00000110. The molecule has 0 saturated carbocycles. The summed E-state index contributed by atoms with van der Waals surface area (Å²) in [6.45, 7) is 5.56. The van der Waals surface area contributed by atoms with Gasteiger partial charge in [-0.25, -0.2) is 0 Å². The average molecular weight is 411 g/mol. The number of unbranched alkanes of at least 4 members (excludes halogenated alkanes) is 2. The third-order valence-electron chi connectivity index (χ3n) is 3.30. The number of allylic oxidation sites excluding steroid dienone is 3. The molecule has 10 heteroatoms. The van der Waals surface area contributed by atoms with Crippen LogP contribution in [0.15, 0.2) is 23.3 Å². The molecule has 1 aliphatic rings. The summed E-state index contributed by atoms with van der Waals surface area (Å²) in [5.74, 6) is 1.47. The van der Waals surface area contributed by atoms with Crippen molar-refractivity contribution < 1.29 is 43.8 Å². The molecule has 0 aromatic carbocycles. The number of nitrogens with zero attached hydrogens (tertiary/aromatic N) is 3. The van der Waals surface area contributed by atoms with E-state index in [0.717, 1.165) is 37.1 Å². The molecule has 0 aliphatic heterocycles. The van der Waals surface area contributed by atoms with Gasteiger partial charge in [0.25, 0.3) is 0 Å². The van der Waals surface area contributed by atoms with Gasteiger partial charge in [0.05, 0.1) is 18.9 Å². The van der Waals surface area contributed by atoms with E-state index in [2.05, 4.69) is 18.6 Å². The van der Waals surface area contributed by atoms with E-state index < -0.39 is 13.6 Å². The first-order valence-corrected chi connectivity index (χ1v) is 10.6. The first kappa shape index (κ1) is 24.3. The summed E-state index contributed by atoms with van der Waals surface area (Å²) >= 11 is -5.25. The number of hydrogen-bond donors (Lipinski definition) is 2. The summed E-state index contributed by atoms with van der Waals surface area (Å²) in [5, 5.41) is 0. The van der Waals surface area contributed by atoms with Crippen molar-refractivity contribution in [2.45, 2.75) is 46.0 Å². The van der Waals surface area contributed by atoms with Gasteiger partial charge in [-0.15, -0.1) is 0 Å². The standard InChI is InChI=1S/C16H27N3O2.Cr.2H2O.2O/c1-5-7-9-20-15-12-14(19(3)4)16(11-13(15)18-17)21-10-8-6-2;;;;;/h12H,5-11H2,1-4H3;;2*1H2;;/q;+2;;;;/p-2. The summed E-state index contributed by atoms with van der Waals surface area (Å²) in [4.78, 5) is 5.37. The Hall–Kier alpha value is -1.69. The van der Waals surface area contributed by atoms with Crippen molar-refractivity contribution in [2.24, 2.45) is 0 Å². The van der Waals surface area contributed by atoms with Gasteiger partial charge >= 0.3 is 35.2 Å². The van der Waals surface area contributed by atoms with Gasteiger partial charge in [-0.05, 0) is 12.8 Å². The van der Waals surface area contributed by atoms with Crippen LogP contribution in [0.3, 0.4) is 0 Å². The molecule has 9 nitrogen and oxygen atoms in total. The number of hydrogen-bond acceptors (Lipinski definition) is 5. The van der Waals surface area contributed by atoms with Crippen LogP contribution in [0.4, 0.5) is 0 Å². The molecule has 0 unspecified atom stereocenters. The third-order valence-corrected chi connectivity index (χ3v) is 3.30. The molecule has 0 saturated heterocycles. The normalized spacial score (nSPS) is 14.1. The van der Waals surface area contributed by atoms with Crippen molar-refractivity contribution in [2.75, 3.05) is 27.3 Å². The molecule has 1 aliphatic carbocycles. The molecule has 0 spiro atoms. The zero-order chi connectivity index (χ0) is 20.2. The van der Waals surface area contributed by atoms with Gasteiger partial charge in [0.15, 0.2) is 0 Å². The van der Waals surface area contributed by atoms with Crippen molar-refractivity contribution in [3.63, 3.8) is 0 Å². The SMILES string of the molecule is CCCCOC1=CC(N(C)C)=C(OCCCC)CC1=[N+]=[N-].[O]=[Cr](=[O])([OH])[OH]. The summed E-state index contributed by atoms with van der Waals surface area (Å²) in [7, 11) is 3.94. The molecule has 0 bridgehead atoms. The van der Waals surface area contributed by atoms with Crippen LogP contribution in [0.25, 0.3) is 5.53 Å². The van der Waals surface area contributed by atoms with E-state index in [1.807, 2.05) is 25.1 Å². The molecule has 1 rings (SSSR count). The van der Waals surface area contributed by atoms with Crippen molar-refractivity contribution in [3.8, 4) is 0 Å². The zero-order valence-corrected chi connectivity index (χ0v) is 17.1. The van der Waals surface area contributed by atoms with E-state index in [-0.39, 0.29) is 0 Å². The molecule has 0 radical (unpaired) electrons. The van der Waals surface area contributed by atoms with Crippen molar-refractivity contribution >= 4 is 5.71 Å². The molecular formula is C16H29CrN3O6. The first-order valence-electron chi connectivity index (χ1n) is 8.42. The van der Waals surface area contributed by atoms with Gasteiger partial charge in [0.1, 0.15) is 12.2 Å². The Kier molecular flexibility index (Phi) is 11.8. The molecule has 0 heterocycles. The molecule has 0 amide bonds. The maximum atomic E-state index is 9.21. The van der Waals surface area contributed by atoms with E-state index in [1.54, 1.807) is 0 Å². The predicted molar refractivity (Wildman–Crippen MR) is 89.6 cm³/mol. The molecule has 150 valence electrons. The van der Waals surface area contributed by atoms with Crippen LogP contribution in [0.1, 0.15) is 46.0 Å². The van der Waals surface area contributed by atoms with Crippen LogP contribution >= 0.6 is 0 Å². The second-order valence-corrected chi connectivity index (χ2v) is 7.19. The molecule has 26 heavy (non-hydrogen) atoms. The van der Waals surface area contributed by atoms with E-state index in [1.165, 1.54) is 0 Å². The molecule has 0 atom stereocenters. The minimum atomic E-state index is -5.25. The zero-order valence-electron chi connectivity index (χ0n) is 15.8. The van der Waals surface area contributed by atoms with Crippen LogP contribution < -0.4 is 0 Å². The number of ether oxygens (including phenoxy) is 2. The average Bonchev–Trinajstić information content (AvgIpc) is 2.54. The van der Waals surface area contributed by atoms with Gasteiger partial charge < -0.3 is 19.9 Å². The fraction of sp³-hybridized carbons (Fsp3) is 0.688. The Morgan fingerprint density at radius 3 is 2.08 bits per heavy atom. The van der Waals surface area contributed by atoms with Crippen LogP contribution in [-0.2, 0) is 30.7 Å². The van der Waals surface area contributed by atoms with E-state index >= 15 is 0 Å². The fourth-order valence-corrected chi connectivity index (χ4v) is 2.00. The quantitative estimate of drug-likeness (QED) is 0.337. The molecule has 0 aromatic heterocycles. The van der Waals surface area contributed by atoms with Crippen LogP contribution in [0.2, 0.25) is 0 Å². The Bertz CT molecular complexity index is 641. The summed E-state index contributed by atoms with van der Waals surface area (Å²) < 4.78 is 43.5. The fourth-order valence-electron chi connectivity index (χ4n) is 2.00. The van der Waals surface area contributed by atoms with E-state index in [4.69, 9.17) is 25.4 Å². The van der Waals surface area contributed by atoms with Crippen LogP contribution in [0, 0.1) is 0 Å². The Morgan fingerprint density at radius 2 is 1.65 bits per heavy atom. The van der Waals surface area contributed by atoms with E-state index in [0.29, 0.717) is 31.1 Å². The monoisotopic (exact) mass is 411 g/mol. The van der Waals surface area contributed by atoms with Crippen LogP contribution in [0.5, 0.6) is 0 Å². The second kappa shape index (κ2) is 12.6. The van der Waals surface area contributed by atoms with Crippen LogP contribution in [-0.4, -0.2) is 51.0 Å². The van der Waals surface area contributed by atoms with Gasteiger partial charge in [-0.3, -0.25) is 0 Å². The van der Waals surface area contributed by atoms with Gasteiger partial charge in [-0.1, -0.05) is 26.7 Å². The Morgan fingerprint density at radius 1 is 1.15 bits per heavy atom. The minimum absolute atomic E-state index is 0.464. The second-order valence-electron chi connectivity index (χ2n) is 5.79. The first-order chi connectivity index (χ1) is 12.1.